The molecule has 0 aliphatic carbocycles. The van der Waals surface area contributed by atoms with Crippen molar-refractivity contribution in [2.75, 3.05) is 0 Å². The third-order valence-corrected chi connectivity index (χ3v) is 10.4. The van der Waals surface area contributed by atoms with Crippen LogP contribution in [0.15, 0.2) is 194 Å². The minimum Gasteiger partial charge on any atom is -0.264 e. The van der Waals surface area contributed by atoms with Gasteiger partial charge < -0.3 is 0 Å². The van der Waals surface area contributed by atoms with E-state index in [1.165, 1.54) is 44.5 Å². The topological polar surface area (TPSA) is 25.8 Å². The number of aromatic nitrogens is 2. The lowest BCUT2D eigenvalue weighted by Gasteiger charge is -2.11. The largest absolute Gasteiger partial charge is 0.264 e. The van der Waals surface area contributed by atoms with Gasteiger partial charge >= 0.3 is 0 Å². The Kier molecular flexibility index (Phi) is 8.09. The smallest absolute Gasteiger partial charge is 0.125 e. The van der Waals surface area contributed by atoms with Crippen LogP contribution in [0.3, 0.4) is 0 Å². The van der Waals surface area contributed by atoms with Gasteiger partial charge in [0.25, 0.3) is 0 Å². The summed E-state index contributed by atoms with van der Waals surface area (Å²) in [6.07, 6.45) is 3.74. The maximum absolute atomic E-state index is 5.46. The maximum atomic E-state index is 5.46. The summed E-state index contributed by atoms with van der Waals surface area (Å²) >= 11 is 1.76. The molecule has 240 valence electrons. The molecule has 51 heavy (non-hydrogen) atoms. The lowest BCUT2D eigenvalue weighted by Crippen LogP contribution is -1.88. The van der Waals surface area contributed by atoms with E-state index >= 15 is 0 Å². The SMILES string of the molecule is c1ccc(-c2cccc(-c3cc(-c4cccc(-c5cccnc5)c4)c4nc(-c5ccc(-c6ccccc6)cc5-c5ccccc5)sc4c3)c2)cc1. The van der Waals surface area contributed by atoms with E-state index < -0.39 is 0 Å². The summed E-state index contributed by atoms with van der Waals surface area (Å²) in [4.78, 5) is 9.84. The van der Waals surface area contributed by atoms with Gasteiger partial charge in [0.1, 0.15) is 5.01 Å². The Morgan fingerprint density at radius 1 is 0.333 bits per heavy atom. The normalized spacial score (nSPS) is 11.1. The second-order valence-corrected chi connectivity index (χ2v) is 13.7. The van der Waals surface area contributed by atoms with E-state index in [4.69, 9.17) is 4.98 Å². The molecule has 0 atom stereocenters. The number of benzene rings is 7. The van der Waals surface area contributed by atoms with Gasteiger partial charge in [-0.3, -0.25) is 4.98 Å². The van der Waals surface area contributed by atoms with Crippen molar-refractivity contribution in [2.24, 2.45) is 0 Å². The molecule has 9 aromatic rings. The number of fused-ring (bicyclic) bond motifs is 1. The molecule has 0 bridgehead atoms. The van der Waals surface area contributed by atoms with E-state index in [0.29, 0.717) is 0 Å². The standard InChI is InChI=1S/C48H32N2S/c1-4-13-33(14-5-1)36-19-10-21-38(27-36)42-30-45(40-22-11-20-37(28-40)41-23-12-26-49-32-41)47-46(31-42)51-48(50-47)43-25-24-39(34-15-6-2-7-16-34)29-44(43)35-17-8-3-9-18-35/h1-32H. The van der Waals surface area contributed by atoms with Crippen LogP contribution in [0.2, 0.25) is 0 Å². The Bertz CT molecular complexity index is 2610. The van der Waals surface area contributed by atoms with Crippen LogP contribution < -0.4 is 0 Å². The zero-order valence-corrected chi connectivity index (χ0v) is 28.6. The number of pyridine rings is 1. The van der Waals surface area contributed by atoms with Crippen molar-refractivity contribution >= 4 is 21.6 Å². The van der Waals surface area contributed by atoms with Crippen molar-refractivity contribution in [3.8, 4) is 77.3 Å². The fourth-order valence-electron chi connectivity index (χ4n) is 6.84. The zero-order valence-electron chi connectivity index (χ0n) is 27.8. The van der Waals surface area contributed by atoms with Gasteiger partial charge in [-0.1, -0.05) is 146 Å². The van der Waals surface area contributed by atoms with Crippen LogP contribution >= 0.6 is 11.3 Å². The van der Waals surface area contributed by atoms with Crippen LogP contribution in [0.25, 0.3) is 87.5 Å². The first kappa shape index (κ1) is 30.6. The molecule has 0 fully saturated rings. The predicted molar refractivity (Wildman–Crippen MR) is 215 cm³/mol. The molecule has 0 N–H and O–H groups in total. The van der Waals surface area contributed by atoms with Crippen LogP contribution in [0.1, 0.15) is 0 Å². The molecule has 2 aromatic heterocycles. The van der Waals surface area contributed by atoms with Gasteiger partial charge in [-0.2, -0.15) is 0 Å². The van der Waals surface area contributed by atoms with Crippen LogP contribution in [-0.4, -0.2) is 9.97 Å². The molecule has 0 spiro atoms. The van der Waals surface area contributed by atoms with Gasteiger partial charge in [-0.05, 0) is 92.0 Å². The molecule has 9 rings (SSSR count). The van der Waals surface area contributed by atoms with Gasteiger partial charge in [0.2, 0.25) is 0 Å². The van der Waals surface area contributed by atoms with E-state index in [0.717, 1.165) is 43.0 Å². The highest BCUT2D eigenvalue weighted by molar-refractivity contribution is 7.21. The van der Waals surface area contributed by atoms with Gasteiger partial charge in [0.15, 0.2) is 0 Å². The molecule has 0 aliphatic heterocycles. The van der Waals surface area contributed by atoms with Crippen molar-refractivity contribution < 1.29 is 0 Å². The van der Waals surface area contributed by atoms with Gasteiger partial charge in [-0.25, -0.2) is 4.98 Å². The van der Waals surface area contributed by atoms with E-state index in [1.807, 2.05) is 18.5 Å². The minimum absolute atomic E-state index is 1.00. The van der Waals surface area contributed by atoms with E-state index in [2.05, 4.69) is 181 Å². The second-order valence-electron chi connectivity index (χ2n) is 12.7. The Morgan fingerprint density at radius 2 is 0.863 bits per heavy atom. The van der Waals surface area contributed by atoms with Gasteiger partial charge in [0.05, 0.1) is 10.2 Å². The summed E-state index contributed by atoms with van der Waals surface area (Å²) in [5.74, 6) is 0. The molecule has 0 saturated carbocycles. The molecule has 0 aliphatic rings. The number of thiazole rings is 1. The molecule has 3 heteroatoms. The average molecular weight is 669 g/mol. The minimum atomic E-state index is 1.00. The number of hydrogen-bond donors (Lipinski definition) is 0. The van der Waals surface area contributed by atoms with Crippen LogP contribution in [0.5, 0.6) is 0 Å². The third-order valence-electron chi connectivity index (χ3n) is 9.41. The van der Waals surface area contributed by atoms with Gasteiger partial charge in [-0.15, -0.1) is 11.3 Å². The van der Waals surface area contributed by atoms with Crippen molar-refractivity contribution in [1.82, 2.24) is 9.97 Å². The molecule has 0 amide bonds. The van der Waals surface area contributed by atoms with Gasteiger partial charge in [0, 0.05) is 29.1 Å². The molecule has 0 unspecified atom stereocenters. The van der Waals surface area contributed by atoms with Crippen LogP contribution in [0.4, 0.5) is 0 Å². The summed E-state index contributed by atoms with van der Waals surface area (Å²) in [5.41, 5.74) is 16.1. The Labute approximate surface area is 302 Å². The summed E-state index contributed by atoms with van der Waals surface area (Å²) in [7, 11) is 0. The van der Waals surface area contributed by atoms with Crippen molar-refractivity contribution in [2.45, 2.75) is 0 Å². The number of hydrogen-bond acceptors (Lipinski definition) is 3. The van der Waals surface area contributed by atoms with E-state index in [9.17, 15) is 0 Å². The highest BCUT2D eigenvalue weighted by Crippen LogP contribution is 2.43. The molecular weight excluding hydrogens is 637 g/mol. The third kappa shape index (κ3) is 6.16. The Hall–Kier alpha value is -6.42. The van der Waals surface area contributed by atoms with Crippen LogP contribution in [0, 0.1) is 0 Å². The maximum Gasteiger partial charge on any atom is 0.125 e. The first-order valence-corrected chi connectivity index (χ1v) is 17.9. The predicted octanol–water partition coefficient (Wildman–Crippen LogP) is 13.4. The van der Waals surface area contributed by atoms with Crippen molar-refractivity contribution in [1.29, 1.82) is 0 Å². The molecule has 0 radical (unpaired) electrons. The quantitative estimate of drug-likeness (QED) is 0.169. The second kappa shape index (κ2) is 13.5. The van der Waals surface area contributed by atoms with Crippen molar-refractivity contribution in [3.05, 3.63) is 194 Å². The molecule has 2 nitrogen and oxygen atoms in total. The lowest BCUT2D eigenvalue weighted by molar-refractivity contribution is 1.33. The number of nitrogens with zero attached hydrogens (tertiary/aromatic N) is 2. The summed E-state index contributed by atoms with van der Waals surface area (Å²) in [5, 5.41) is 1.00. The first-order valence-electron chi connectivity index (χ1n) is 17.1. The fourth-order valence-corrected chi connectivity index (χ4v) is 7.91. The molecule has 0 saturated heterocycles. The lowest BCUT2D eigenvalue weighted by atomic mass is 9.94. The molecular formula is C48H32N2S. The molecule has 2 heterocycles. The zero-order chi connectivity index (χ0) is 34.0. The summed E-state index contributed by atoms with van der Waals surface area (Å²) in [6, 6.07) is 64.9. The Balaban J connectivity index is 1.25. The molecule has 7 aromatic carbocycles. The fraction of sp³-hybridized carbons (Fsp3) is 0. The van der Waals surface area contributed by atoms with Crippen LogP contribution in [-0.2, 0) is 0 Å². The van der Waals surface area contributed by atoms with E-state index in [1.54, 1.807) is 11.3 Å². The monoisotopic (exact) mass is 668 g/mol. The van der Waals surface area contributed by atoms with Crippen molar-refractivity contribution in [3.63, 3.8) is 0 Å². The Morgan fingerprint density at radius 3 is 1.53 bits per heavy atom. The first-order chi connectivity index (χ1) is 25.3. The number of rotatable bonds is 7. The summed E-state index contributed by atoms with van der Waals surface area (Å²) < 4.78 is 1.15. The highest BCUT2D eigenvalue weighted by atomic mass is 32.1. The average Bonchev–Trinajstić information content (AvgIpc) is 3.66. The van der Waals surface area contributed by atoms with E-state index in [-0.39, 0.29) is 0 Å². The summed E-state index contributed by atoms with van der Waals surface area (Å²) in [6.45, 7) is 0. The highest BCUT2D eigenvalue weighted by Gasteiger charge is 2.18.